The van der Waals surface area contributed by atoms with E-state index in [2.05, 4.69) is 5.32 Å². The van der Waals surface area contributed by atoms with Crippen molar-refractivity contribution in [3.05, 3.63) is 90.2 Å². The molecule has 0 unspecified atom stereocenters. The Morgan fingerprint density at radius 2 is 1.40 bits per heavy atom. The molecule has 0 amide bonds. The van der Waals surface area contributed by atoms with Crippen LogP contribution in [0.2, 0.25) is 0 Å². The minimum Gasteiger partial charge on any atom is -0.490 e. The van der Waals surface area contributed by atoms with Gasteiger partial charge in [0, 0.05) is 23.9 Å². The molecule has 3 rings (SSSR count). The monoisotopic (exact) mass is 337 g/mol. The molecule has 0 radical (unpaired) electrons. The molecular weight excluding hydrogens is 317 g/mol. The Morgan fingerprint density at radius 1 is 0.720 bits per heavy atom. The van der Waals surface area contributed by atoms with Gasteiger partial charge in [-0.2, -0.15) is 0 Å². The van der Waals surface area contributed by atoms with Crippen molar-refractivity contribution in [3.8, 4) is 11.5 Å². The second kappa shape index (κ2) is 8.73. The van der Waals surface area contributed by atoms with Crippen LogP contribution in [0.1, 0.15) is 5.56 Å². The Labute approximate surface area is 147 Å². The highest BCUT2D eigenvalue weighted by atomic mass is 19.1. The van der Waals surface area contributed by atoms with E-state index in [4.69, 9.17) is 9.47 Å². The van der Waals surface area contributed by atoms with Crippen LogP contribution in [0, 0.1) is 5.82 Å². The van der Waals surface area contributed by atoms with Crippen LogP contribution in [0.4, 0.5) is 10.1 Å². The fraction of sp³-hybridized carbons (Fsp3) is 0.143. The van der Waals surface area contributed by atoms with Gasteiger partial charge >= 0.3 is 0 Å². The number of ether oxygens (including phenoxy) is 2. The van der Waals surface area contributed by atoms with Crippen LogP contribution in [0.5, 0.6) is 11.5 Å². The maximum absolute atomic E-state index is 13.6. The Hall–Kier alpha value is -3.01. The van der Waals surface area contributed by atoms with E-state index in [-0.39, 0.29) is 5.82 Å². The number of anilines is 1. The molecule has 1 N–H and O–H groups in total. The first-order valence-corrected chi connectivity index (χ1v) is 8.19. The summed E-state index contributed by atoms with van der Waals surface area (Å²) >= 11 is 0. The molecule has 0 spiro atoms. The van der Waals surface area contributed by atoms with Crippen molar-refractivity contribution in [1.82, 2.24) is 0 Å². The Bertz CT molecular complexity index is 793. The summed E-state index contributed by atoms with van der Waals surface area (Å²) in [7, 11) is 0. The molecule has 0 fully saturated rings. The van der Waals surface area contributed by atoms with Crippen LogP contribution in [0.3, 0.4) is 0 Å². The molecule has 0 aliphatic rings. The molecule has 0 aromatic heterocycles. The van der Waals surface area contributed by atoms with Crippen LogP contribution < -0.4 is 14.8 Å². The molecule has 128 valence electrons. The molecule has 4 heteroatoms. The molecule has 0 atom stereocenters. The van der Waals surface area contributed by atoms with Crippen molar-refractivity contribution in [2.24, 2.45) is 0 Å². The van der Waals surface area contributed by atoms with Crippen molar-refractivity contribution in [2.45, 2.75) is 6.54 Å². The first-order chi connectivity index (χ1) is 12.3. The number of para-hydroxylation sites is 1. The highest BCUT2D eigenvalue weighted by Gasteiger charge is 2.02. The van der Waals surface area contributed by atoms with Gasteiger partial charge in [-0.1, -0.05) is 42.5 Å². The lowest BCUT2D eigenvalue weighted by Crippen LogP contribution is -2.09. The van der Waals surface area contributed by atoms with Crippen molar-refractivity contribution in [1.29, 1.82) is 0 Å². The highest BCUT2D eigenvalue weighted by Crippen LogP contribution is 2.19. The zero-order valence-electron chi connectivity index (χ0n) is 13.8. The first kappa shape index (κ1) is 16.8. The van der Waals surface area contributed by atoms with Crippen LogP contribution in [0.15, 0.2) is 78.9 Å². The third-order valence-electron chi connectivity index (χ3n) is 3.64. The average molecular weight is 337 g/mol. The molecule has 0 saturated carbocycles. The molecule has 25 heavy (non-hydrogen) atoms. The molecule has 0 aliphatic carbocycles. The number of nitrogens with one attached hydrogen (secondary N) is 1. The molecule has 3 aromatic carbocycles. The van der Waals surface area contributed by atoms with Crippen LogP contribution in [0.25, 0.3) is 0 Å². The fourth-order valence-corrected chi connectivity index (χ4v) is 2.37. The normalized spacial score (nSPS) is 10.3. The van der Waals surface area contributed by atoms with Gasteiger partial charge in [0.15, 0.2) is 0 Å². The lowest BCUT2D eigenvalue weighted by Gasteiger charge is -2.11. The smallest absolute Gasteiger partial charge is 0.128 e. The topological polar surface area (TPSA) is 30.5 Å². The maximum atomic E-state index is 13.6. The number of benzene rings is 3. The van der Waals surface area contributed by atoms with Gasteiger partial charge in [0.2, 0.25) is 0 Å². The van der Waals surface area contributed by atoms with Gasteiger partial charge in [0.05, 0.1) is 0 Å². The zero-order chi connectivity index (χ0) is 17.3. The Morgan fingerprint density at radius 3 is 2.20 bits per heavy atom. The summed E-state index contributed by atoms with van der Waals surface area (Å²) in [6.07, 6.45) is 0. The quantitative estimate of drug-likeness (QED) is 0.593. The van der Waals surface area contributed by atoms with E-state index in [1.165, 1.54) is 6.07 Å². The van der Waals surface area contributed by atoms with Gasteiger partial charge < -0.3 is 14.8 Å². The second-order valence-electron chi connectivity index (χ2n) is 5.48. The minimum absolute atomic E-state index is 0.208. The van der Waals surface area contributed by atoms with E-state index in [1.807, 2.05) is 60.7 Å². The summed E-state index contributed by atoms with van der Waals surface area (Å²) in [4.78, 5) is 0. The molecule has 0 heterocycles. The number of hydrogen-bond donors (Lipinski definition) is 1. The molecule has 0 bridgehead atoms. The average Bonchev–Trinajstić information content (AvgIpc) is 2.66. The van der Waals surface area contributed by atoms with Crippen molar-refractivity contribution in [3.63, 3.8) is 0 Å². The van der Waals surface area contributed by atoms with Crippen LogP contribution in [-0.2, 0) is 6.54 Å². The third kappa shape index (κ3) is 5.24. The SMILES string of the molecule is Fc1ccccc1CNc1cccc(OCCOc2ccccc2)c1. The summed E-state index contributed by atoms with van der Waals surface area (Å²) in [5, 5.41) is 3.21. The van der Waals surface area contributed by atoms with Gasteiger partial charge in [-0.15, -0.1) is 0 Å². The van der Waals surface area contributed by atoms with Gasteiger partial charge in [0.25, 0.3) is 0 Å². The Balaban J connectivity index is 1.47. The van der Waals surface area contributed by atoms with Gasteiger partial charge in [-0.3, -0.25) is 0 Å². The third-order valence-corrected chi connectivity index (χ3v) is 3.64. The summed E-state index contributed by atoms with van der Waals surface area (Å²) in [5.74, 6) is 1.36. The largest absolute Gasteiger partial charge is 0.490 e. The van der Waals surface area contributed by atoms with E-state index < -0.39 is 0 Å². The van der Waals surface area contributed by atoms with Crippen LogP contribution in [-0.4, -0.2) is 13.2 Å². The van der Waals surface area contributed by atoms with E-state index in [9.17, 15) is 4.39 Å². The van der Waals surface area contributed by atoms with Gasteiger partial charge in [-0.25, -0.2) is 4.39 Å². The second-order valence-corrected chi connectivity index (χ2v) is 5.48. The lowest BCUT2D eigenvalue weighted by molar-refractivity contribution is 0.217. The maximum Gasteiger partial charge on any atom is 0.128 e. The Kier molecular flexibility index (Phi) is 5.88. The fourth-order valence-electron chi connectivity index (χ4n) is 2.37. The van der Waals surface area contributed by atoms with Crippen molar-refractivity contribution >= 4 is 5.69 Å². The summed E-state index contributed by atoms with van der Waals surface area (Å²) in [5.41, 5.74) is 1.51. The number of hydrogen-bond acceptors (Lipinski definition) is 3. The number of rotatable bonds is 8. The predicted molar refractivity (Wildman–Crippen MR) is 97.6 cm³/mol. The van der Waals surface area contributed by atoms with Crippen molar-refractivity contribution in [2.75, 3.05) is 18.5 Å². The van der Waals surface area contributed by atoms with E-state index in [0.717, 1.165) is 17.2 Å². The summed E-state index contributed by atoms with van der Waals surface area (Å²) in [6, 6.07) is 24.0. The van der Waals surface area contributed by atoms with Crippen LogP contribution >= 0.6 is 0 Å². The van der Waals surface area contributed by atoms with E-state index in [1.54, 1.807) is 12.1 Å². The number of halogens is 1. The van der Waals surface area contributed by atoms with Gasteiger partial charge in [0.1, 0.15) is 30.5 Å². The lowest BCUT2D eigenvalue weighted by atomic mass is 10.2. The van der Waals surface area contributed by atoms with E-state index in [0.29, 0.717) is 25.3 Å². The highest BCUT2D eigenvalue weighted by molar-refractivity contribution is 5.48. The molecule has 0 saturated heterocycles. The standard InChI is InChI=1S/C21H20FNO2/c22-21-12-5-4-7-17(21)16-23-18-8-6-11-20(15-18)25-14-13-24-19-9-2-1-3-10-19/h1-12,15,23H,13-14,16H2. The molecule has 0 aliphatic heterocycles. The predicted octanol–water partition coefficient (Wildman–Crippen LogP) is 4.90. The first-order valence-electron chi connectivity index (χ1n) is 8.19. The minimum atomic E-state index is -0.208. The molecular formula is C21H20FNO2. The molecule has 3 nitrogen and oxygen atoms in total. The molecule has 3 aromatic rings. The van der Waals surface area contributed by atoms with Crippen molar-refractivity contribution < 1.29 is 13.9 Å². The summed E-state index contributed by atoms with van der Waals surface area (Å²) in [6.45, 7) is 1.34. The summed E-state index contributed by atoms with van der Waals surface area (Å²) < 4.78 is 24.9. The van der Waals surface area contributed by atoms with E-state index >= 15 is 0 Å². The zero-order valence-corrected chi connectivity index (χ0v) is 13.8. The van der Waals surface area contributed by atoms with Gasteiger partial charge in [-0.05, 0) is 30.3 Å².